The lowest BCUT2D eigenvalue weighted by atomic mass is 9.97. The van der Waals surface area contributed by atoms with Crippen LogP contribution in [0.25, 0.3) is 11.1 Å². The predicted octanol–water partition coefficient (Wildman–Crippen LogP) is 5.34. The normalized spacial score (nSPS) is 14.4. The molecule has 0 aliphatic heterocycles. The lowest BCUT2D eigenvalue weighted by molar-refractivity contribution is 0.0987. The molecule has 1 aromatic heterocycles. The van der Waals surface area contributed by atoms with E-state index < -0.39 is 5.91 Å². The van der Waals surface area contributed by atoms with Crippen molar-refractivity contribution in [1.29, 1.82) is 0 Å². The number of hydrogen-bond acceptors (Lipinski definition) is 4. The first-order valence-corrected chi connectivity index (χ1v) is 11.3. The van der Waals surface area contributed by atoms with Crippen molar-refractivity contribution in [2.45, 2.75) is 25.4 Å². The van der Waals surface area contributed by atoms with Crippen LogP contribution in [0.1, 0.15) is 49.9 Å². The summed E-state index contributed by atoms with van der Waals surface area (Å²) >= 11 is 0. The summed E-state index contributed by atoms with van der Waals surface area (Å²) in [7, 11) is 0. The number of nitrogens with zero attached hydrogens (tertiary/aromatic N) is 1. The highest BCUT2D eigenvalue weighted by Gasteiger charge is 2.25. The van der Waals surface area contributed by atoms with Crippen molar-refractivity contribution in [2.24, 2.45) is 5.73 Å². The number of ether oxygens (including phenoxy) is 1. The first-order valence-electron chi connectivity index (χ1n) is 11.3. The number of Topliss-reactive ketones (excluding diaryl/α,β-unsaturated/α-hetero) is 1. The van der Waals surface area contributed by atoms with Gasteiger partial charge in [-0.15, -0.1) is 0 Å². The monoisotopic (exact) mass is 448 g/mol. The Labute approximate surface area is 198 Å². The summed E-state index contributed by atoms with van der Waals surface area (Å²) in [5.41, 5.74) is 11.8. The number of primary amides is 1. The number of pyridine rings is 1. The zero-order valence-corrected chi connectivity index (χ0v) is 18.6. The maximum Gasteiger partial charge on any atom is 0.250 e. The molecule has 0 bridgehead atoms. The van der Waals surface area contributed by atoms with Crippen LogP contribution in [-0.2, 0) is 12.8 Å². The first-order chi connectivity index (χ1) is 16.6. The van der Waals surface area contributed by atoms with Crippen LogP contribution in [0.4, 0.5) is 0 Å². The Morgan fingerprint density at radius 1 is 0.882 bits per heavy atom. The van der Waals surface area contributed by atoms with Gasteiger partial charge in [0.2, 0.25) is 5.91 Å². The summed E-state index contributed by atoms with van der Waals surface area (Å²) in [5, 5.41) is 0. The Morgan fingerprint density at radius 2 is 1.65 bits per heavy atom. The van der Waals surface area contributed by atoms with Gasteiger partial charge in [0.1, 0.15) is 11.9 Å². The van der Waals surface area contributed by atoms with Crippen LogP contribution < -0.4 is 10.5 Å². The molecule has 0 spiro atoms. The number of nitrogens with two attached hydrogens (primary N) is 1. The van der Waals surface area contributed by atoms with Gasteiger partial charge in [0.05, 0.1) is 11.8 Å². The minimum atomic E-state index is -0.539. The molecule has 1 heterocycles. The molecule has 0 saturated heterocycles. The fraction of sp³-hybridized carbons (Fsp3) is 0.138. The van der Waals surface area contributed by atoms with E-state index in [0.717, 1.165) is 35.1 Å². The van der Waals surface area contributed by atoms with Crippen molar-refractivity contribution < 1.29 is 14.3 Å². The van der Waals surface area contributed by atoms with Gasteiger partial charge in [0, 0.05) is 18.2 Å². The highest BCUT2D eigenvalue weighted by molar-refractivity contribution is 5.98. The number of aryl methyl sites for hydroxylation is 1. The second kappa shape index (κ2) is 9.32. The van der Waals surface area contributed by atoms with Crippen LogP contribution in [0, 0.1) is 0 Å². The number of hydrogen-bond donors (Lipinski definition) is 1. The highest BCUT2D eigenvalue weighted by atomic mass is 16.5. The Morgan fingerprint density at radius 3 is 2.41 bits per heavy atom. The van der Waals surface area contributed by atoms with Crippen LogP contribution in [0.2, 0.25) is 0 Å². The number of amides is 1. The van der Waals surface area contributed by atoms with Crippen molar-refractivity contribution in [3.05, 3.63) is 119 Å². The summed E-state index contributed by atoms with van der Waals surface area (Å²) in [6, 6.07) is 25.6. The lowest BCUT2D eigenvalue weighted by Gasteiger charge is -2.16. The predicted molar refractivity (Wildman–Crippen MR) is 131 cm³/mol. The molecular formula is C29H24N2O3. The fourth-order valence-electron chi connectivity index (χ4n) is 4.40. The third-order valence-electron chi connectivity index (χ3n) is 6.19. The molecule has 1 amide bonds. The van der Waals surface area contributed by atoms with E-state index in [1.54, 1.807) is 12.3 Å². The van der Waals surface area contributed by atoms with Gasteiger partial charge >= 0.3 is 0 Å². The van der Waals surface area contributed by atoms with Crippen molar-refractivity contribution in [3.8, 4) is 16.9 Å². The van der Waals surface area contributed by atoms with E-state index in [1.165, 1.54) is 11.8 Å². The standard InChI is InChI=1S/C29H24N2O3/c30-29(33)24-16-25(18-31-17-24)34-28-13-12-22-7-6-19(14-26(22)28)15-27(32)23-10-8-21(9-11-23)20-4-2-1-3-5-20/h1-11,14,16-18,28H,12-13,15H2,(H2,30,33)/t28-/m0/s1. The van der Waals surface area contributed by atoms with Gasteiger partial charge in [-0.05, 0) is 46.7 Å². The fourth-order valence-corrected chi connectivity index (χ4v) is 4.40. The minimum Gasteiger partial charge on any atom is -0.484 e. The molecule has 1 aliphatic carbocycles. The van der Waals surface area contributed by atoms with Crippen LogP contribution in [0.15, 0.2) is 91.3 Å². The summed E-state index contributed by atoms with van der Waals surface area (Å²) in [5.74, 6) is 0.0462. The number of ketones is 1. The molecule has 1 atom stereocenters. The molecule has 0 radical (unpaired) electrons. The molecule has 4 aromatic rings. The molecule has 34 heavy (non-hydrogen) atoms. The van der Waals surface area contributed by atoms with Crippen LogP contribution in [-0.4, -0.2) is 16.7 Å². The summed E-state index contributed by atoms with van der Waals surface area (Å²) < 4.78 is 6.14. The second-order valence-corrected chi connectivity index (χ2v) is 8.50. The van der Waals surface area contributed by atoms with Crippen molar-refractivity contribution in [2.75, 3.05) is 0 Å². The highest BCUT2D eigenvalue weighted by Crippen LogP contribution is 2.36. The lowest BCUT2D eigenvalue weighted by Crippen LogP contribution is -2.12. The largest absolute Gasteiger partial charge is 0.484 e. The van der Waals surface area contributed by atoms with Gasteiger partial charge in [-0.25, -0.2) is 0 Å². The SMILES string of the molecule is NC(=O)c1cncc(O[C@H]2CCc3ccc(CC(=O)c4ccc(-c5ccccc5)cc4)cc32)c1. The van der Waals surface area contributed by atoms with Gasteiger partial charge < -0.3 is 10.5 Å². The number of benzene rings is 3. The quantitative estimate of drug-likeness (QED) is 0.387. The molecule has 168 valence electrons. The van der Waals surface area contributed by atoms with E-state index in [9.17, 15) is 9.59 Å². The van der Waals surface area contributed by atoms with Gasteiger partial charge in [0.25, 0.3) is 0 Å². The van der Waals surface area contributed by atoms with E-state index in [1.807, 2.05) is 48.5 Å². The van der Waals surface area contributed by atoms with Crippen LogP contribution in [0.3, 0.4) is 0 Å². The molecule has 5 rings (SSSR count). The minimum absolute atomic E-state index is 0.0772. The molecule has 2 N–H and O–H groups in total. The number of aromatic nitrogens is 1. The maximum absolute atomic E-state index is 13.0. The Bertz CT molecular complexity index is 1350. The number of carbonyl (C=O) groups is 2. The smallest absolute Gasteiger partial charge is 0.250 e. The molecular weight excluding hydrogens is 424 g/mol. The van der Waals surface area contributed by atoms with E-state index in [4.69, 9.17) is 10.5 Å². The van der Waals surface area contributed by atoms with Crippen molar-refractivity contribution in [1.82, 2.24) is 4.98 Å². The average molecular weight is 449 g/mol. The second-order valence-electron chi connectivity index (χ2n) is 8.50. The van der Waals surface area contributed by atoms with Gasteiger partial charge in [-0.3, -0.25) is 14.6 Å². The molecule has 1 aliphatic rings. The number of rotatable bonds is 7. The van der Waals surface area contributed by atoms with E-state index >= 15 is 0 Å². The van der Waals surface area contributed by atoms with E-state index in [2.05, 4.69) is 29.2 Å². The van der Waals surface area contributed by atoms with Crippen molar-refractivity contribution >= 4 is 11.7 Å². The van der Waals surface area contributed by atoms with Crippen molar-refractivity contribution in [3.63, 3.8) is 0 Å². The van der Waals surface area contributed by atoms with E-state index in [0.29, 0.717) is 23.3 Å². The Kier molecular flexibility index (Phi) is 5.91. The molecule has 3 aromatic carbocycles. The molecule has 0 fully saturated rings. The van der Waals surface area contributed by atoms with Crippen LogP contribution in [0.5, 0.6) is 5.75 Å². The topological polar surface area (TPSA) is 82.3 Å². The number of carbonyl (C=O) groups excluding carboxylic acids is 2. The molecule has 5 nitrogen and oxygen atoms in total. The summed E-state index contributed by atoms with van der Waals surface area (Å²) in [6.45, 7) is 0. The van der Waals surface area contributed by atoms with Gasteiger partial charge in [-0.1, -0.05) is 72.8 Å². The Balaban J connectivity index is 1.30. The molecule has 0 saturated carbocycles. The third kappa shape index (κ3) is 4.59. The zero-order chi connectivity index (χ0) is 23.5. The van der Waals surface area contributed by atoms with E-state index in [-0.39, 0.29) is 11.9 Å². The number of fused-ring (bicyclic) bond motifs is 1. The summed E-state index contributed by atoms with van der Waals surface area (Å²) in [4.78, 5) is 28.4. The van der Waals surface area contributed by atoms with Crippen LogP contribution >= 0.6 is 0 Å². The Hall–Kier alpha value is -4.25. The zero-order valence-electron chi connectivity index (χ0n) is 18.6. The summed E-state index contributed by atoms with van der Waals surface area (Å²) in [6.07, 6.45) is 4.90. The molecule has 0 unspecified atom stereocenters. The average Bonchev–Trinajstić information content (AvgIpc) is 3.26. The third-order valence-corrected chi connectivity index (χ3v) is 6.19. The van der Waals surface area contributed by atoms with Gasteiger partial charge in [-0.2, -0.15) is 0 Å². The first kappa shape index (κ1) is 21.6. The molecule has 5 heteroatoms. The van der Waals surface area contributed by atoms with Gasteiger partial charge in [0.15, 0.2) is 5.78 Å². The maximum atomic E-state index is 13.0.